The highest BCUT2D eigenvalue weighted by atomic mass is 16.5. The van der Waals surface area contributed by atoms with Gasteiger partial charge in [-0.1, -0.05) is 22.9 Å². The van der Waals surface area contributed by atoms with E-state index in [1.807, 2.05) is 43.3 Å². The van der Waals surface area contributed by atoms with E-state index in [0.29, 0.717) is 31.7 Å². The summed E-state index contributed by atoms with van der Waals surface area (Å²) < 4.78 is 7.27. The van der Waals surface area contributed by atoms with Gasteiger partial charge in [0.15, 0.2) is 5.69 Å². The Bertz CT molecular complexity index is 1040. The molecule has 3 aromatic rings. The van der Waals surface area contributed by atoms with Gasteiger partial charge in [-0.25, -0.2) is 4.68 Å². The number of anilines is 1. The van der Waals surface area contributed by atoms with E-state index >= 15 is 0 Å². The number of aryl methyl sites for hydroxylation is 2. The molecule has 0 bridgehead atoms. The van der Waals surface area contributed by atoms with Gasteiger partial charge < -0.3 is 15.4 Å². The number of hydrogen-bond donors (Lipinski definition) is 2. The molecule has 0 saturated heterocycles. The molecule has 8 nitrogen and oxygen atoms in total. The van der Waals surface area contributed by atoms with Gasteiger partial charge in [-0.2, -0.15) is 0 Å². The third-order valence-electron chi connectivity index (χ3n) is 4.65. The van der Waals surface area contributed by atoms with Crippen LogP contribution in [0.5, 0.6) is 5.75 Å². The van der Waals surface area contributed by atoms with Crippen molar-refractivity contribution < 1.29 is 14.3 Å². The minimum atomic E-state index is -0.305. The zero-order chi connectivity index (χ0) is 20.2. The van der Waals surface area contributed by atoms with E-state index in [-0.39, 0.29) is 17.5 Å². The highest BCUT2D eigenvalue weighted by Crippen LogP contribution is 2.26. The lowest BCUT2D eigenvalue weighted by Gasteiger charge is -2.17. The van der Waals surface area contributed by atoms with E-state index in [1.54, 1.807) is 16.9 Å². The van der Waals surface area contributed by atoms with Crippen LogP contribution >= 0.6 is 0 Å². The number of ether oxygens (including phenoxy) is 1. The van der Waals surface area contributed by atoms with Gasteiger partial charge in [0.05, 0.1) is 18.4 Å². The summed E-state index contributed by atoms with van der Waals surface area (Å²) in [5, 5.41) is 13.5. The van der Waals surface area contributed by atoms with Crippen molar-refractivity contribution in [3.8, 4) is 11.4 Å². The Labute approximate surface area is 167 Å². The van der Waals surface area contributed by atoms with Crippen LogP contribution in [0.4, 0.5) is 5.69 Å². The Morgan fingerprint density at radius 1 is 1.21 bits per heavy atom. The smallest absolute Gasteiger partial charge is 0.273 e. The average molecular weight is 391 g/mol. The van der Waals surface area contributed by atoms with Crippen LogP contribution in [-0.4, -0.2) is 40.0 Å². The lowest BCUT2D eigenvalue weighted by Crippen LogP contribution is -2.28. The first-order valence-corrected chi connectivity index (χ1v) is 9.42. The van der Waals surface area contributed by atoms with Gasteiger partial charge >= 0.3 is 0 Å². The van der Waals surface area contributed by atoms with Gasteiger partial charge in [0.25, 0.3) is 5.91 Å². The second-order valence-electron chi connectivity index (χ2n) is 6.86. The molecule has 148 valence electrons. The largest absolute Gasteiger partial charge is 0.492 e. The third kappa shape index (κ3) is 4.43. The maximum atomic E-state index is 12.3. The van der Waals surface area contributed by atoms with Crippen LogP contribution in [0.25, 0.3) is 5.69 Å². The second kappa shape index (κ2) is 8.14. The van der Waals surface area contributed by atoms with Crippen LogP contribution in [0.1, 0.15) is 28.0 Å². The van der Waals surface area contributed by atoms with E-state index < -0.39 is 0 Å². The van der Waals surface area contributed by atoms with E-state index in [9.17, 15) is 9.59 Å². The molecule has 0 aliphatic carbocycles. The number of rotatable bonds is 6. The van der Waals surface area contributed by atoms with Crippen LogP contribution in [0.2, 0.25) is 0 Å². The van der Waals surface area contributed by atoms with Crippen LogP contribution < -0.4 is 15.4 Å². The zero-order valence-electron chi connectivity index (χ0n) is 16.0. The lowest BCUT2D eigenvalue weighted by molar-refractivity contribution is -0.116. The number of nitrogens with zero attached hydrogens (tertiary/aromatic N) is 3. The molecule has 29 heavy (non-hydrogen) atoms. The zero-order valence-corrected chi connectivity index (χ0v) is 16.0. The number of amides is 2. The molecule has 0 atom stereocenters. The van der Waals surface area contributed by atoms with Crippen molar-refractivity contribution in [3.63, 3.8) is 0 Å². The molecule has 0 radical (unpaired) electrons. The first-order chi connectivity index (χ1) is 14.1. The summed E-state index contributed by atoms with van der Waals surface area (Å²) in [6.45, 7) is 2.67. The molecule has 4 rings (SSSR count). The second-order valence-corrected chi connectivity index (χ2v) is 6.86. The predicted molar refractivity (Wildman–Crippen MR) is 107 cm³/mol. The summed E-state index contributed by atoms with van der Waals surface area (Å²) in [6, 6.07) is 13.4. The summed E-state index contributed by atoms with van der Waals surface area (Å²) in [6.07, 6.45) is 2.78. The SMILES string of the molecule is Cc1ccc(-n2cc(C(=O)NCCOc3ccc4c(c3)CCC(=O)N4)nn2)cc1. The Kier molecular flexibility index (Phi) is 5.24. The van der Waals surface area contributed by atoms with Crippen LogP contribution in [0.15, 0.2) is 48.7 Å². The van der Waals surface area contributed by atoms with E-state index in [1.165, 1.54) is 0 Å². The lowest BCUT2D eigenvalue weighted by atomic mass is 10.0. The molecular weight excluding hydrogens is 370 g/mol. The first-order valence-electron chi connectivity index (χ1n) is 9.42. The molecular formula is C21H21N5O3. The minimum Gasteiger partial charge on any atom is -0.492 e. The highest BCUT2D eigenvalue weighted by Gasteiger charge is 2.15. The monoisotopic (exact) mass is 391 g/mol. The molecule has 0 spiro atoms. The van der Waals surface area contributed by atoms with Gasteiger partial charge in [0.1, 0.15) is 12.4 Å². The number of nitrogens with one attached hydrogen (secondary N) is 2. The van der Waals surface area contributed by atoms with E-state index in [0.717, 1.165) is 22.5 Å². The van der Waals surface area contributed by atoms with Crippen molar-refractivity contribution in [1.82, 2.24) is 20.3 Å². The summed E-state index contributed by atoms with van der Waals surface area (Å²) in [4.78, 5) is 23.7. The molecule has 0 unspecified atom stereocenters. The molecule has 2 heterocycles. The topological polar surface area (TPSA) is 98.1 Å². The normalized spacial score (nSPS) is 12.8. The maximum Gasteiger partial charge on any atom is 0.273 e. The van der Waals surface area contributed by atoms with Crippen molar-refractivity contribution in [2.75, 3.05) is 18.5 Å². The quantitative estimate of drug-likeness (QED) is 0.628. The van der Waals surface area contributed by atoms with Crippen LogP contribution in [0.3, 0.4) is 0 Å². The number of fused-ring (bicyclic) bond motifs is 1. The minimum absolute atomic E-state index is 0.0354. The Hall–Kier alpha value is -3.68. The van der Waals surface area contributed by atoms with Gasteiger partial charge in [-0.15, -0.1) is 5.10 Å². The summed E-state index contributed by atoms with van der Waals surface area (Å²) in [5.74, 6) is 0.438. The van der Waals surface area contributed by atoms with Crippen molar-refractivity contribution in [3.05, 3.63) is 65.5 Å². The predicted octanol–water partition coefficient (Wildman–Crippen LogP) is 2.27. The van der Waals surface area contributed by atoms with Crippen LogP contribution in [-0.2, 0) is 11.2 Å². The van der Waals surface area contributed by atoms with Crippen molar-refractivity contribution in [1.29, 1.82) is 0 Å². The molecule has 1 aromatic heterocycles. The summed E-state index contributed by atoms with van der Waals surface area (Å²) in [5.41, 5.74) is 4.12. The molecule has 2 N–H and O–H groups in total. The number of benzene rings is 2. The Morgan fingerprint density at radius 2 is 2.03 bits per heavy atom. The fourth-order valence-corrected chi connectivity index (χ4v) is 3.07. The van der Waals surface area contributed by atoms with Crippen LogP contribution in [0, 0.1) is 6.92 Å². The molecule has 2 aromatic carbocycles. The Morgan fingerprint density at radius 3 is 2.86 bits per heavy atom. The van der Waals surface area contributed by atoms with Gasteiger partial charge in [-0.05, 0) is 49.2 Å². The molecule has 2 amide bonds. The standard InChI is InChI=1S/C21H21N5O3/c1-14-2-5-16(6-3-14)26-13-19(24-25-26)21(28)22-10-11-29-17-7-8-18-15(12-17)4-9-20(27)23-18/h2-3,5-8,12-13H,4,9-11H2,1H3,(H,22,28)(H,23,27). The average Bonchev–Trinajstić information content (AvgIpc) is 3.22. The van der Waals surface area contributed by atoms with Gasteiger partial charge in [-0.3, -0.25) is 9.59 Å². The van der Waals surface area contributed by atoms with Crippen molar-refractivity contribution in [2.45, 2.75) is 19.8 Å². The summed E-state index contributed by atoms with van der Waals surface area (Å²) in [7, 11) is 0. The van der Waals surface area contributed by atoms with Crippen molar-refractivity contribution in [2.24, 2.45) is 0 Å². The molecule has 0 fully saturated rings. The maximum absolute atomic E-state index is 12.3. The first kappa shape index (κ1) is 18.7. The molecule has 8 heteroatoms. The summed E-state index contributed by atoms with van der Waals surface area (Å²) >= 11 is 0. The Balaban J connectivity index is 1.27. The van der Waals surface area contributed by atoms with E-state index in [2.05, 4.69) is 20.9 Å². The van der Waals surface area contributed by atoms with Gasteiger partial charge in [0.2, 0.25) is 5.91 Å². The molecule has 0 saturated carbocycles. The highest BCUT2D eigenvalue weighted by molar-refractivity contribution is 5.94. The number of hydrogen-bond acceptors (Lipinski definition) is 5. The van der Waals surface area contributed by atoms with Gasteiger partial charge in [0, 0.05) is 12.1 Å². The van der Waals surface area contributed by atoms with E-state index in [4.69, 9.17) is 4.74 Å². The molecule has 1 aliphatic rings. The number of carbonyl (C=O) groups is 2. The number of carbonyl (C=O) groups excluding carboxylic acids is 2. The molecule has 1 aliphatic heterocycles. The fraction of sp³-hybridized carbons (Fsp3) is 0.238. The van der Waals surface area contributed by atoms with Crippen molar-refractivity contribution >= 4 is 17.5 Å². The fourth-order valence-electron chi connectivity index (χ4n) is 3.07. The number of aromatic nitrogens is 3. The third-order valence-corrected chi connectivity index (χ3v) is 4.65.